The van der Waals surface area contributed by atoms with Crippen LogP contribution in [-0.4, -0.2) is 22.9 Å². The van der Waals surface area contributed by atoms with Gasteiger partial charge in [-0.15, -0.1) is 6.58 Å². The summed E-state index contributed by atoms with van der Waals surface area (Å²) in [6.07, 6.45) is 7.24. The molecule has 0 heterocycles. The maximum Gasteiger partial charge on any atom is 0.0819 e. The molecule has 0 aromatic carbocycles. The second-order valence-corrected chi connectivity index (χ2v) is 8.60. The molecule has 2 nitrogen and oxygen atoms in total. The SMILES string of the molecule is C=C/C=C/C(C)(C)C.C=CC(C)(C)C.CC(C)(C)C(O)CO. The molecule has 0 radical (unpaired) electrons. The zero-order chi connectivity index (χ0) is 18.6. The van der Waals surface area contributed by atoms with Crippen molar-refractivity contribution in [2.24, 2.45) is 16.2 Å². The van der Waals surface area contributed by atoms with Gasteiger partial charge in [0.15, 0.2) is 0 Å². The third-order valence-corrected chi connectivity index (χ3v) is 2.52. The topological polar surface area (TPSA) is 40.5 Å². The highest BCUT2D eigenvalue weighted by atomic mass is 16.3. The largest absolute Gasteiger partial charge is 0.394 e. The highest BCUT2D eigenvalue weighted by Crippen LogP contribution is 2.17. The van der Waals surface area contributed by atoms with Gasteiger partial charge in [-0.1, -0.05) is 93.2 Å². The average molecular weight is 313 g/mol. The second-order valence-electron chi connectivity index (χ2n) is 8.60. The van der Waals surface area contributed by atoms with Crippen LogP contribution in [0.1, 0.15) is 62.3 Å². The minimum absolute atomic E-state index is 0.149. The lowest BCUT2D eigenvalue weighted by Crippen LogP contribution is -2.29. The van der Waals surface area contributed by atoms with Crippen molar-refractivity contribution in [2.45, 2.75) is 68.4 Å². The number of rotatable bonds is 2. The average Bonchev–Trinajstić information content (AvgIpc) is 2.34. The van der Waals surface area contributed by atoms with Crippen LogP contribution in [0.25, 0.3) is 0 Å². The molecule has 0 aromatic rings. The van der Waals surface area contributed by atoms with E-state index in [-0.39, 0.29) is 12.0 Å². The van der Waals surface area contributed by atoms with Crippen molar-refractivity contribution < 1.29 is 10.2 Å². The second kappa shape index (κ2) is 11.7. The highest BCUT2D eigenvalue weighted by molar-refractivity contribution is 5.02. The Labute approximate surface area is 139 Å². The minimum atomic E-state index is -0.595. The summed E-state index contributed by atoms with van der Waals surface area (Å²) < 4.78 is 0. The monoisotopic (exact) mass is 312 g/mol. The van der Waals surface area contributed by atoms with Crippen LogP contribution in [0.4, 0.5) is 0 Å². The summed E-state index contributed by atoms with van der Waals surface area (Å²) >= 11 is 0. The van der Waals surface area contributed by atoms with E-state index in [2.05, 4.69) is 60.8 Å². The van der Waals surface area contributed by atoms with Crippen molar-refractivity contribution in [1.29, 1.82) is 0 Å². The zero-order valence-electron chi connectivity index (χ0n) is 16.4. The smallest absolute Gasteiger partial charge is 0.0819 e. The van der Waals surface area contributed by atoms with Gasteiger partial charge in [0.25, 0.3) is 0 Å². The zero-order valence-corrected chi connectivity index (χ0v) is 16.4. The lowest BCUT2D eigenvalue weighted by Gasteiger charge is -2.23. The van der Waals surface area contributed by atoms with Crippen molar-refractivity contribution >= 4 is 0 Å². The fraction of sp³-hybridized carbons (Fsp3) is 0.700. The maximum absolute atomic E-state index is 8.94. The molecule has 1 atom stereocenters. The molecule has 0 amide bonds. The molecule has 2 N–H and O–H groups in total. The summed E-state index contributed by atoms with van der Waals surface area (Å²) in [5, 5.41) is 17.4. The Hall–Kier alpha value is -0.860. The van der Waals surface area contributed by atoms with Gasteiger partial charge < -0.3 is 10.2 Å². The standard InChI is InChI=1S/C8H14.C6H14O2.C6H12/c1-5-6-7-8(2,3)4;1-6(2,3)5(8)4-7;1-5-6(2,3)4/h5-7H,1H2,2-4H3;5,7-8H,4H2,1-3H3;5H,1H2,2-4H3/b7-6+;;. The van der Waals surface area contributed by atoms with Gasteiger partial charge in [0.1, 0.15) is 0 Å². The van der Waals surface area contributed by atoms with Crippen molar-refractivity contribution in [3.8, 4) is 0 Å². The van der Waals surface area contributed by atoms with E-state index in [9.17, 15) is 0 Å². The predicted molar refractivity (Wildman–Crippen MR) is 101 cm³/mol. The Morgan fingerprint density at radius 3 is 1.27 bits per heavy atom. The fourth-order valence-electron chi connectivity index (χ4n) is 0.631. The molecular formula is C20H40O2. The van der Waals surface area contributed by atoms with Gasteiger partial charge in [0.05, 0.1) is 12.7 Å². The number of hydrogen-bond acceptors (Lipinski definition) is 2. The van der Waals surface area contributed by atoms with E-state index < -0.39 is 6.10 Å². The quantitative estimate of drug-likeness (QED) is 0.531. The predicted octanol–water partition coefficient (Wildman–Crippen LogP) is 5.38. The van der Waals surface area contributed by atoms with Crippen LogP contribution in [0, 0.1) is 16.2 Å². The normalized spacial score (nSPS) is 13.4. The molecular weight excluding hydrogens is 272 g/mol. The summed E-state index contributed by atoms with van der Waals surface area (Å²) in [7, 11) is 0. The summed E-state index contributed by atoms with van der Waals surface area (Å²) in [5.74, 6) is 0. The molecule has 0 saturated heterocycles. The van der Waals surface area contributed by atoms with Crippen molar-refractivity contribution in [1.82, 2.24) is 0 Å². The van der Waals surface area contributed by atoms with Gasteiger partial charge in [-0.3, -0.25) is 0 Å². The van der Waals surface area contributed by atoms with Gasteiger partial charge in [-0.05, 0) is 16.2 Å². The van der Waals surface area contributed by atoms with E-state index in [1.807, 2.05) is 32.9 Å². The van der Waals surface area contributed by atoms with E-state index in [0.717, 1.165) is 0 Å². The summed E-state index contributed by atoms with van der Waals surface area (Å²) in [6.45, 7) is 25.6. The van der Waals surface area contributed by atoms with Gasteiger partial charge in [-0.2, -0.15) is 0 Å². The minimum Gasteiger partial charge on any atom is -0.394 e. The first-order valence-corrected chi connectivity index (χ1v) is 7.83. The van der Waals surface area contributed by atoms with Gasteiger partial charge >= 0.3 is 0 Å². The molecule has 0 fully saturated rings. The van der Waals surface area contributed by atoms with E-state index in [4.69, 9.17) is 10.2 Å². The number of aliphatic hydroxyl groups is 2. The molecule has 22 heavy (non-hydrogen) atoms. The van der Waals surface area contributed by atoms with Crippen LogP contribution in [0.3, 0.4) is 0 Å². The Kier molecular flexibility index (Phi) is 13.8. The molecule has 0 saturated carbocycles. The molecule has 0 aliphatic heterocycles. The third-order valence-electron chi connectivity index (χ3n) is 2.52. The maximum atomic E-state index is 8.94. The molecule has 132 valence electrons. The number of hydrogen-bond donors (Lipinski definition) is 2. The van der Waals surface area contributed by atoms with Crippen LogP contribution in [0.15, 0.2) is 37.5 Å². The van der Waals surface area contributed by atoms with Gasteiger partial charge in [0.2, 0.25) is 0 Å². The Balaban J connectivity index is -0.000000249. The van der Waals surface area contributed by atoms with Gasteiger partial charge in [-0.25, -0.2) is 0 Å². The van der Waals surface area contributed by atoms with Crippen LogP contribution in [-0.2, 0) is 0 Å². The highest BCUT2D eigenvalue weighted by Gasteiger charge is 2.20. The Morgan fingerprint density at radius 1 is 0.864 bits per heavy atom. The Bertz CT molecular complexity index is 306. The molecule has 1 unspecified atom stereocenters. The Morgan fingerprint density at radius 2 is 1.23 bits per heavy atom. The van der Waals surface area contributed by atoms with E-state index >= 15 is 0 Å². The third kappa shape index (κ3) is 27.5. The first kappa shape index (κ1) is 26.1. The van der Waals surface area contributed by atoms with Crippen LogP contribution >= 0.6 is 0 Å². The van der Waals surface area contributed by atoms with Crippen molar-refractivity contribution in [3.63, 3.8) is 0 Å². The van der Waals surface area contributed by atoms with Crippen LogP contribution in [0.5, 0.6) is 0 Å². The van der Waals surface area contributed by atoms with Gasteiger partial charge in [0, 0.05) is 0 Å². The number of aliphatic hydroxyl groups excluding tert-OH is 2. The van der Waals surface area contributed by atoms with Crippen molar-refractivity contribution in [2.75, 3.05) is 6.61 Å². The molecule has 2 heteroatoms. The summed E-state index contributed by atoms with van der Waals surface area (Å²) in [5.41, 5.74) is 0.420. The summed E-state index contributed by atoms with van der Waals surface area (Å²) in [4.78, 5) is 0. The molecule has 0 aromatic heterocycles. The van der Waals surface area contributed by atoms with Crippen LogP contribution < -0.4 is 0 Å². The molecule has 0 spiro atoms. The molecule has 0 aliphatic rings. The lowest BCUT2D eigenvalue weighted by atomic mass is 9.90. The first-order valence-electron chi connectivity index (χ1n) is 7.83. The number of allylic oxidation sites excluding steroid dienone is 4. The van der Waals surface area contributed by atoms with E-state index in [1.165, 1.54) is 0 Å². The molecule has 0 aliphatic carbocycles. The van der Waals surface area contributed by atoms with Crippen LogP contribution in [0.2, 0.25) is 0 Å². The van der Waals surface area contributed by atoms with E-state index in [1.54, 1.807) is 6.08 Å². The summed E-state index contributed by atoms with van der Waals surface area (Å²) in [6, 6.07) is 0. The molecule has 0 bridgehead atoms. The lowest BCUT2D eigenvalue weighted by molar-refractivity contribution is 0.0133. The molecule has 0 rings (SSSR count). The first-order chi connectivity index (χ1) is 9.60. The fourth-order valence-corrected chi connectivity index (χ4v) is 0.631. The van der Waals surface area contributed by atoms with E-state index in [0.29, 0.717) is 10.8 Å². The van der Waals surface area contributed by atoms with Crippen molar-refractivity contribution in [3.05, 3.63) is 37.5 Å².